The van der Waals surface area contributed by atoms with E-state index in [9.17, 15) is 19.2 Å². The molecule has 11 heteroatoms. The van der Waals surface area contributed by atoms with E-state index in [-0.39, 0.29) is 29.9 Å². The van der Waals surface area contributed by atoms with Crippen LogP contribution in [0.2, 0.25) is 0 Å². The number of ether oxygens (including phenoxy) is 1. The van der Waals surface area contributed by atoms with Crippen LogP contribution in [-0.2, 0) is 20.7 Å². The first kappa shape index (κ1) is 32.6. The van der Waals surface area contributed by atoms with Crippen molar-refractivity contribution in [2.45, 2.75) is 101 Å². The monoisotopic (exact) mass is 589 g/mol. The summed E-state index contributed by atoms with van der Waals surface area (Å²) in [5.41, 5.74) is 0.964. The van der Waals surface area contributed by atoms with Gasteiger partial charge in [-0.25, -0.2) is 9.59 Å². The Balaban J connectivity index is 1.20. The van der Waals surface area contributed by atoms with Crippen molar-refractivity contribution in [3.05, 3.63) is 35.9 Å². The van der Waals surface area contributed by atoms with Gasteiger partial charge in [0.05, 0.1) is 18.7 Å². The normalized spacial score (nSPS) is 19.9. The molecule has 228 valence electrons. The molecule has 1 aromatic carbocycles. The van der Waals surface area contributed by atoms with Crippen LogP contribution >= 0.6 is 11.8 Å². The van der Waals surface area contributed by atoms with E-state index < -0.39 is 12.1 Å². The van der Waals surface area contributed by atoms with Crippen molar-refractivity contribution in [1.29, 1.82) is 0 Å². The zero-order valence-corrected chi connectivity index (χ0v) is 25.1. The van der Waals surface area contributed by atoms with Crippen LogP contribution < -0.4 is 26.6 Å². The number of unbranched alkanes of at least 4 members (excludes halogenated alkanes) is 5. The summed E-state index contributed by atoms with van der Waals surface area (Å²) < 4.78 is 5.19. The molecule has 0 saturated carbocycles. The lowest BCUT2D eigenvalue weighted by Crippen LogP contribution is -2.48. The maximum atomic E-state index is 12.8. The number of alkyl carbamates (subject to hydrolysis) is 1. The highest BCUT2D eigenvalue weighted by molar-refractivity contribution is 8.00. The third-order valence-electron chi connectivity index (χ3n) is 7.43. The Hall–Kier alpha value is -2.95. The van der Waals surface area contributed by atoms with Crippen molar-refractivity contribution >= 4 is 35.7 Å². The topological polar surface area (TPSA) is 138 Å². The highest BCUT2D eigenvalue weighted by Gasteiger charge is 2.42. The molecular weight excluding hydrogens is 542 g/mol. The second-order valence-electron chi connectivity index (χ2n) is 10.8. The van der Waals surface area contributed by atoms with Crippen molar-refractivity contribution in [2.75, 3.05) is 25.4 Å². The van der Waals surface area contributed by atoms with E-state index in [4.69, 9.17) is 4.74 Å². The van der Waals surface area contributed by atoms with Crippen LogP contribution in [0.4, 0.5) is 9.59 Å². The minimum atomic E-state index is -0.698. The Labute approximate surface area is 248 Å². The van der Waals surface area contributed by atoms with Gasteiger partial charge in [0.25, 0.3) is 0 Å². The fourth-order valence-electron chi connectivity index (χ4n) is 5.08. The average Bonchev–Trinajstić information content (AvgIpc) is 3.51. The lowest BCUT2D eigenvalue weighted by molar-refractivity contribution is -0.123. The zero-order chi connectivity index (χ0) is 29.3. The van der Waals surface area contributed by atoms with E-state index in [1.165, 1.54) is 0 Å². The van der Waals surface area contributed by atoms with Crippen LogP contribution in [0.1, 0.15) is 76.7 Å². The lowest BCUT2D eigenvalue weighted by Gasteiger charge is -2.18. The van der Waals surface area contributed by atoms with Crippen LogP contribution in [0.15, 0.2) is 30.3 Å². The molecule has 5 amide bonds. The van der Waals surface area contributed by atoms with E-state index >= 15 is 0 Å². The van der Waals surface area contributed by atoms with E-state index in [0.717, 1.165) is 69.1 Å². The van der Waals surface area contributed by atoms with Crippen LogP contribution in [0, 0.1) is 0 Å². The van der Waals surface area contributed by atoms with Crippen molar-refractivity contribution in [3.8, 4) is 0 Å². The molecule has 2 aliphatic heterocycles. The molecule has 2 saturated heterocycles. The van der Waals surface area contributed by atoms with Gasteiger partial charge >= 0.3 is 12.1 Å². The predicted molar refractivity (Wildman–Crippen MR) is 162 cm³/mol. The second kappa shape index (κ2) is 18.5. The molecule has 2 heterocycles. The lowest BCUT2D eigenvalue weighted by atomic mass is 10.0. The maximum Gasteiger partial charge on any atom is 0.407 e. The number of hydrogen-bond donors (Lipinski definition) is 5. The summed E-state index contributed by atoms with van der Waals surface area (Å²) in [6.07, 6.45) is 8.57. The molecule has 0 spiro atoms. The number of carbonyl (C=O) groups is 4. The largest absolute Gasteiger partial charge is 0.450 e. The summed E-state index contributed by atoms with van der Waals surface area (Å²) in [6.45, 7) is 3.55. The molecule has 41 heavy (non-hydrogen) atoms. The van der Waals surface area contributed by atoms with Crippen molar-refractivity contribution in [3.63, 3.8) is 0 Å². The summed E-state index contributed by atoms with van der Waals surface area (Å²) in [5.74, 6) is 0.836. The van der Waals surface area contributed by atoms with Gasteiger partial charge in [0.1, 0.15) is 6.04 Å². The van der Waals surface area contributed by atoms with Crippen molar-refractivity contribution in [1.82, 2.24) is 26.6 Å². The molecular formula is C30H47N5O5S. The fourth-order valence-corrected chi connectivity index (χ4v) is 6.62. The van der Waals surface area contributed by atoms with Crippen LogP contribution in [0.5, 0.6) is 0 Å². The quantitative estimate of drug-likeness (QED) is 0.123. The molecule has 0 aliphatic carbocycles. The second-order valence-corrected chi connectivity index (χ2v) is 12.1. The Morgan fingerprint density at radius 3 is 2.49 bits per heavy atom. The number of fused-ring (bicyclic) bond motifs is 1. The first-order valence-corrected chi connectivity index (χ1v) is 16.2. The number of thioether (sulfide) groups is 1. The standard InChI is InChI=1S/C30H47N5O5S/c1-2-3-19-40-30(39)34-23(20-22-13-7-6-8-14-22)28(37)32-18-12-5-4-11-17-31-26(36)16-10-9-15-25-27-24(21-41-25)33-29(38)35-27/h6-8,13-14,23-25,27H,2-5,9-12,15-21H2,1H3,(H,31,36)(H,32,37)(H,34,39)(H2,33,35,38)/t23-,24-,25-,27-/m0/s1. The maximum absolute atomic E-state index is 12.8. The summed E-state index contributed by atoms with van der Waals surface area (Å²) in [6, 6.07) is 9.31. The Morgan fingerprint density at radius 1 is 0.976 bits per heavy atom. The minimum Gasteiger partial charge on any atom is -0.450 e. The number of urea groups is 1. The Morgan fingerprint density at radius 2 is 1.73 bits per heavy atom. The van der Waals surface area contributed by atoms with Gasteiger partial charge in [0, 0.05) is 36.9 Å². The van der Waals surface area contributed by atoms with Gasteiger partial charge in [-0.15, -0.1) is 0 Å². The van der Waals surface area contributed by atoms with Crippen LogP contribution in [0.25, 0.3) is 0 Å². The highest BCUT2D eigenvalue weighted by Crippen LogP contribution is 2.33. The van der Waals surface area contributed by atoms with Gasteiger partial charge in [-0.3, -0.25) is 9.59 Å². The highest BCUT2D eigenvalue weighted by atomic mass is 32.2. The number of amides is 5. The van der Waals surface area contributed by atoms with Crippen molar-refractivity contribution in [2.24, 2.45) is 0 Å². The zero-order valence-electron chi connectivity index (χ0n) is 24.3. The molecule has 0 bridgehead atoms. The Bertz CT molecular complexity index is 966. The van der Waals surface area contributed by atoms with E-state index in [2.05, 4.69) is 26.6 Å². The summed E-state index contributed by atoms with van der Waals surface area (Å²) in [4.78, 5) is 48.6. The van der Waals surface area contributed by atoms with Gasteiger partial charge in [0.15, 0.2) is 0 Å². The van der Waals surface area contributed by atoms with Gasteiger partial charge in [-0.05, 0) is 37.7 Å². The fraction of sp³-hybridized carbons (Fsp3) is 0.667. The predicted octanol–water partition coefficient (Wildman–Crippen LogP) is 3.64. The third kappa shape index (κ3) is 12.2. The first-order valence-electron chi connectivity index (χ1n) is 15.2. The molecule has 4 atom stereocenters. The number of carbonyl (C=O) groups excluding carboxylic acids is 4. The van der Waals surface area contributed by atoms with Gasteiger partial charge in [-0.1, -0.05) is 62.9 Å². The smallest absolute Gasteiger partial charge is 0.407 e. The van der Waals surface area contributed by atoms with E-state index in [0.29, 0.717) is 37.8 Å². The molecule has 3 rings (SSSR count). The number of hydrogen-bond acceptors (Lipinski definition) is 6. The van der Waals surface area contributed by atoms with E-state index in [1.54, 1.807) is 0 Å². The summed E-state index contributed by atoms with van der Waals surface area (Å²) >= 11 is 1.91. The number of rotatable bonds is 19. The SMILES string of the molecule is CCCCOC(=O)N[C@@H](Cc1ccccc1)C(=O)NCCCCCCNC(=O)CCCC[C@@H]1SC[C@@H]2NC(=O)N[C@@H]21. The molecule has 1 aromatic rings. The molecule has 2 aliphatic rings. The summed E-state index contributed by atoms with van der Waals surface area (Å²) in [7, 11) is 0. The average molecular weight is 590 g/mol. The van der Waals surface area contributed by atoms with Crippen molar-refractivity contribution < 1.29 is 23.9 Å². The minimum absolute atomic E-state index is 0.0593. The molecule has 0 aromatic heterocycles. The molecule has 10 nitrogen and oxygen atoms in total. The Kier molecular flexibility index (Phi) is 14.7. The van der Waals surface area contributed by atoms with Gasteiger partial charge < -0.3 is 31.3 Å². The van der Waals surface area contributed by atoms with Crippen LogP contribution in [0.3, 0.4) is 0 Å². The molecule has 2 fully saturated rings. The third-order valence-corrected chi connectivity index (χ3v) is 8.94. The molecule has 5 N–H and O–H groups in total. The van der Waals surface area contributed by atoms with E-state index in [1.807, 2.05) is 49.0 Å². The van der Waals surface area contributed by atoms with Gasteiger partial charge in [-0.2, -0.15) is 11.8 Å². The summed E-state index contributed by atoms with van der Waals surface area (Å²) in [5, 5.41) is 15.1. The van der Waals surface area contributed by atoms with Gasteiger partial charge in [0.2, 0.25) is 11.8 Å². The van der Waals surface area contributed by atoms with Crippen LogP contribution in [-0.4, -0.2) is 72.8 Å². The number of benzene rings is 1. The molecule has 0 unspecified atom stereocenters. The molecule has 0 radical (unpaired) electrons. The number of nitrogens with one attached hydrogen (secondary N) is 5. The first-order chi connectivity index (χ1) is 20.0.